The Morgan fingerprint density at radius 2 is 1.82 bits per heavy atom. The van der Waals surface area contributed by atoms with E-state index in [1.54, 1.807) is 54.6 Å². The predicted molar refractivity (Wildman–Crippen MR) is 136 cm³/mol. The summed E-state index contributed by atoms with van der Waals surface area (Å²) in [5, 5.41) is 0. The molecule has 1 amide bonds. The van der Waals surface area contributed by atoms with E-state index in [4.69, 9.17) is 0 Å². The van der Waals surface area contributed by atoms with E-state index in [9.17, 15) is 13.2 Å². The van der Waals surface area contributed by atoms with E-state index in [0.717, 1.165) is 20.3 Å². The monoisotopic (exact) mass is 541 g/mol. The number of aryl methyl sites for hydroxylation is 1. The van der Waals surface area contributed by atoms with E-state index < -0.39 is 15.9 Å². The smallest absolute Gasteiger partial charge is 0.279 e. The maximum atomic E-state index is 12.8. The van der Waals surface area contributed by atoms with Crippen molar-refractivity contribution in [2.45, 2.75) is 18.4 Å². The number of hydrogen-bond acceptors (Lipinski definition) is 4. The van der Waals surface area contributed by atoms with Crippen LogP contribution in [0.25, 0.3) is 10.2 Å². The van der Waals surface area contributed by atoms with Crippen LogP contribution in [0.5, 0.6) is 0 Å². The van der Waals surface area contributed by atoms with Gasteiger partial charge in [0.2, 0.25) is 0 Å². The van der Waals surface area contributed by atoms with Gasteiger partial charge in [-0.25, -0.2) is 8.42 Å². The normalized spacial score (nSPS) is 12.1. The molecule has 0 saturated carbocycles. The average Bonchev–Trinajstić information content (AvgIpc) is 3.10. The van der Waals surface area contributed by atoms with E-state index in [1.165, 1.54) is 11.3 Å². The predicted octanol–water partition coefficient (Wildman–Crippen LogP) is 5.50. The fourth-order valence-corrected chi connectivity index (χ4v) is 5.85. The van der Waals surface area contributed by atoms with Crippen molar-refractivity contribution in [1.82, 2.24) is 4.57 Å². The van der Waals surface area contributed by atoms with E-state index in [0.29, 0.717) is 22.6 Å². The Balaban J connectivity index is 1.60. The zero-order chi connectivity index (χ0) is 23.6. The van der Waals surface area contributed by atoms with Gasteiger partial charge in [0.15, 0.2) is 4.80 Å². The number of rotatable bonds is 6. The molecule has 0 aliphatic carbocycles. The number of carbonyl (C=O) groups excluding carboxylic acids is 1. The quantitative estimate of drug-likeness (QED) is 0.327. The minimum atomic E-state index is -3.72. The van der Waals surface area contributed by atoms with Gasteiger partial charge in [-0.05, 0) is 61.5 Å². The largest absolute Gasteiger partial charge is 0.312 e. The molecule has 3 aromatic carbocycles. The second-order valence-electron chi connectivity index (χ2n) is 7.31. The Labute approximate surface area is 204 Å². The number of benzene rings is 3. The van der Waals surface area contributed by atoms with Crippen LogP contribution in [-0.2, 0) is 16.6 Å². The number of fused-ring (bicyclic) bond motifs is 1. The van der Waals surface area contributed by atoms with Crippen molar-refractivity contribution < 1.29 is 13.2 Å². The fourth-order valence-electron chi connectivity index (χ4n) is 3.20. The number of aromatic nitrogens is 1. The van der Waals surface area contributed by atoms with Crippen LogP contribution in [0.4, 0.5) is 5.69 Å². The van der Waals surface area contributed by atoms with E-state index in [2.05, 4.69) is 32.2 Å². The summed E-state index contributed by atoms with van der Waals surface area (Å²) in [5.41, 5.74) is 2.66. The third kappa shape index (κ3) is 5.16. The maximum Gasteiger partial charge on any atom is 0.279 e. The van der Waals surface area contributed by atoms with Crippen LogP contribution in [0.3, 0.4) is 0 Å². The second kappa shape index (κ2) is 9.46. The Bertz CT molecular complexity index is 1520. The molecule has 0 fully saturated rings. The molecule has 6 nitrogen and oxygen atoms in total. The molecule has 1 heterocycles. The number of nitrogens with zero attached hydrogens (tertiary/aromatic N) is 2. The number of hydrogen-bond donors (Lipinski definition) is 1. The molecule has 1 N–H and O–H groups in total. The van der Waals surface area contributed by atoms with Crippen LogP contribution >= 0.6 is 27.3 Å². The van der Waals surface area contributed by atoms with Crippen molar-refractivity contribution in [2.24, 2.45) is 4.99 Å². The Morgan fingerprint density at radius 1 is 1.12 bits per heavy atom. The van der Waals surface area contributed by atoms with E-state index in [-0.39, 0.29) is 4.90 Å². The molecule has 0 radical (unpaired) electrons. The third-order valence-corrected chi connectivity index (χ3v) is 7.80. The maximum absolute atomic E-state index is 12.8. The molecular weight excluding hydrogens is 522 g/mol. The van der Waals surface area contributed by atoms with Crippen molar-refractivity contribution in [3.05, 3.63) is 99.8 Å². The molecule has 0 aliphatic rings. The highest BCUT2D eigenvalue weighted by atomic mass is 79.9. The lowest BCUT2D eigenvalue weighted by Crippen LogP contribution is -2.16. The summed E-state index contributed by atoms with van der Waals surface area (Å²) in [7, 11) is -3.72. The summed E-state index contributed by atoms with van der Waals surface area (Å²) in [6, 6.07) is 18.7. The number of allylic oxidation sites excluding steroid dienone is 1. The number of halogens is 1. The lowest BCUT2D eigenvalue weighted by molar-refractivity contribution is 0.0998. The molecular formula is C24H20BrN3O3S2. The SMILES string of the molecule is C=CCn1c(=NC(=O)c2ccc(NS(=O)(=O)c3ccc(C)cc3)cc2)sc2cc(Br)ccc21. The lowest BCUT2D eigenvalue weighted by Gasteiger charge is -2.08. The van der Waals surface area contributed by atoms with Crippen LogP contribution in [0, 0.1) is 6.92 Å². The molecule has 168 valence electrons. The molecule has 0 atom stereocenters. The summed E-state index contributed by atoms with van der Waals surface area (Å²) in [6.45, 7) is 6.21. The molecule has 4 rings (SSSR count). The van der Waals surface area contributed by atoms with Crippen LogP contribution in [0.2, 0.25) is 0 Å². The molecule has 4 aromatic rings. The topological polar surface area (TPSA) is 80.5 Å². The Morgan fingerprint density at radius 3 is 2.48 bits per heavy atom. The molecule has 0 spiro atoms. The standard InChI is InChI=1S/C24H20BrN3O3S2/c1-3-14-28-21-13-8-18(25)15-22(21)32-24(28)26-23(29)17-6-9-19(10-7-17)27-33(30,31)20-11-4-16(2)5-12-20/h3-13,15,27H,1,14H2,2H3. The van der Waals surface area contributed by atoms with Crippen molar-refractivity contribution >= 4 is 59.1 Å². The number of nitrogens with one attached hydrogen (secondary N) is 1. The number of thiazole rings is 1. The minimum absolute atomic E-state index is 0.173. The first-order valence-electron chi connectivity index (χ1n) is 9.95. The second-order valence-corrected chi connectivity index (χ2v) is 10.9. The Hall–Kier alpha value is -3.01. The van der Waals surface area contributed by atoms with Gasteiger partial charge in [-0.15, -0.1) is 6.58 Å². The highest BCUT2D eigenvalue weighted by Gasteiger charge is 2.14. The van der Waals surface area contributed by atoms with Crippen molar-refractivity contribution in [2.75, 3.05) is 4.72 Å². The lowest BCUT2D eigenvalue weighted by atomic mass is 10.2. The summed E-state index contributed by atoms with van der Waals surface area (Å²) in [6.07, 6.45) is 1.76. The van der Waals surface area contributed by atoms with Gasteiger partial charge in [0.25, 0.3) is 15.9 Å². The number of anilines is 1. The van der Waals surface area contributed by atoms with Crippen LogP contribution in [0.15, 0.2) is 93.7 Å². The van der Waals surface area contributed by atoms with Gasteiger partial charge < -0.3 is 4.57 Å². The van der Waals surface area contributed by atoms with Crippen LogP contribution in [-0.4, -0.2) is 18.9 Å². The number of carbonyl (C=O) groups is 1. The molecule has 0 unspecified atom stereocenters. The van der Waals surface area contributed by atoms with Gasteiger partial charge in [-0.2, -0.15) is 4.99 Å². The first-order valence-corrected chi connectivity index (χ1v) is 13.0. The average molecular weight is 542 g/mol. The van der Waals surface area contributed by atoms with E-state index in [1.807, 2.05) is 29.7 Å². The first kappa shape index (κ1) is 23.2. The molecule has 9 heteroatoms. The van der Waals surface area contributed by atoms with Crippen LogP contribution in [0.1, 0.15) is 15.9 Å². The molecule has 33 heavy (non-hydrogen) atoms. The molecule has 0 saturated heterocycles. The van der Waals surface area contributed by atoms with Gasteiger partial charge in [0, 0.05) is 22.3 Å². The Kier molecular flexibility index (Phi) is 6.64. The van der Waals surface area contributed by atoms with Gasteiger partial charge in [-0.1, -0.05) is 51.0 Å². The van der Waals surface area contributed by atoms with Gasteiger partial charge in [0.1, 0.15) is 0 Å². The first-order chi connectivity index (χ1) is 15.8. The number of sulfonamides is 1. The van der Waals surface area contributed by atoms with E-state index >= 15 is 0 Å². The zero-order valence-corrected chi connectivity index (χ0v) is 20.9. The zero-order valence-electron chi connectivity index (χ0n) is 17.7. The summed E-state index contributed by atoms with van der Waals surface area (Å²) in [4.78, 5) is 17.9. The summed E-state index contributed by atoms with van der Waals surface area (Å²) < 4.78 is 31.6. The number of amides is 1. The summed E-state index contributed by atoms with van der Waals surface area (Å²) >= 11 is 4.89. The highest BCUT2D eigenvalue weighted by molar-refractivity contribution is 9.10. The molecule has 0 aliphatic heterocycles. The van der Waals surface area contributed by atoms with Gasteiger partial charge >= 0.3 is 0 Å². The van der Waals surface area contributed by atoms with Gasteiger partial charge in [0.05, 0.1) is 15.1 Å². The molecule has 1 aromatic heterocycles. The van der Waals surface area contributed by atoms with Crippen molar-refractivity contribution in [3.63, 3.8) is 0 Å². The molecule has 0 bridgehead atoms. The van der Waals surface area contributed by atoms with Crippen molar-refractivity contribution in [1.29, 1.82) is 0 Å². The van der Waals surface area contributed by atoms with Crippen LogP contribution < -0.4 is 9.52 Å². The highest BCUT2D eigenvalue weighted by Crippen LogP contribution is 2.23. The third-order valence-electron chi connectivity index (χ3n) is 4.87. The van der Waals surface area contributed by atoms with Crippen molar-refractivity contribution in [3.8, 4) is 0 Å². The fraction of sp³-hybridized carbons (Fsp3) is 0.0833. The van der Waals surface area contributed by atoms with Gasteiger partial charge in [-0.3, -0.25) is 9.52 Å². The minimum Gasteiger partial charge on any atom is -0.312 e. The summed E-state index contributed by atoms with van der Waals surface area (Å²) in [5.74, 6) is -0.411.